The highest BCUT2D eigenvalue weighted by Crippen LogP contribution is 2.41. The van der Waals surface area contributed by atoms with Crippen molar-refractivity contribution < 1.29 is 9.59 Å². The number of hydrogen-bond acceptors (Lipinski definition) is 6. The average Bonchev–Trinajstić information content (AvgIpc) is 2.88. The van der Waals surface area contributed by atoms with Crippen LogP contribution >= 0.6 is 0 Å². The van der Waals surface area contributed by atoms with Crippen LogP contribution in [0.25, 0.3) is 0 Å². The highest BCUT2D eigenvalue weighted by Gasteiger charge is 2.36. The normalized spacial score (nSPS) is 12.5. The average molecular weight is 477 g/mol. The second kappa shape index (κ2) is 9.41. The van der Waals surface area contributed by atoms with E-state index < -0.39 is 0 Å². The Balaban J connectivity index is 1.70. The SMILES string of the molecule is CN(C)N(c1ccccc1)c1cccc2c1C(=O)c1cccc(N(c3ccccc3)N(C)C)c1C2=O. The lowest BCUT2D eigenvalue weighted by Gasteiger charge is -2.36. The zero-order valence-corrected chi connectivity index (χ0v) is 20.8. The molecule has 36 heavy (non-hydrogen) atoms. The second-order valence-electron chi connectivity index (χ2n) is 9.05. The molecule has 0 atom stereocenters. The van der Waals surface area contributed by atoms with Crippen LogP contribution in [-0.2, 0) is 0 Å². The first-order valence-corrected chi connectivity index (χ1v) is 11.8. The highest BCUT2D eigenvalue weighted by atomic mass is 16.1. The predicted octanol–water partition coefficient (Wildman–Crippen LogP) is 5.69. The van der Waals surface area contributed by atoms with E-state index in [9.17, 15) is 9.59 Å². The first-order chi connectivity index (χ1) is 17.4. The maximum atomic E-state index is 14.1. The third-order valence-electron chi connectivity index (χ3n) is 6.29. The van der Waals surface area contributed by atoms with Crippen LogP contribution in [0.2, 0.25) is 0 Å². The summed E-state index contributed by atoms with van der Waals surface area (Å²) in [7, 11) is 7.68. The quantitative estimate of drug-likeness (QED) is 0.293. The number of hydrogen-bond donors (Lipinski definition) is 0. The van der Waals surface area contributed by atoms with E-state index in [2.05, 4.69) is 0 Å². The maximum Gasteiger partial charge on any atom is 0.196 e. The number of anilines is 4. The molecule has 0 fully saturated rings. The van der Waals surface area contributed by atoms with Gasteiger partial charge in [0.2, 0.25) is 0 Å². The van der Waals surface area contributed by atoms with E-state index in [1.807, 2.05) is 133 Å². The summed E-state index contributed by atoms with van der Waals surface area (Å²) in [5.41, 5.74) is 4.80. The van der Waals surface area contributed by atoms with Gasteiger partial charge >= 0.3 is 0 Å². The van der Waals surface area contributed by atoms with E-state index in [-0.39, 0.29) is 11.6 Å². The Morgan fingerprint density at radius 2 is 0.806 bits per heavy atom. The summed E-state index contributed by atoms with van der Waals surface area (Å²) in [4.78, 5) is 28.2. The van der Waals surface area contributed by atoms with Gasteiger partial charge in [-0.2, -0.15) is 0 Å². The van der Waals surface area contributed by atoms with Crippen LogP contribution in [0.4, 0.5) is 22.7 Å². The second-order valence-corrected chi connectivity index (χ2v) is 9.05. The number of benzene rings is 4. The maximum absolute atomic E-state index is 14.1. The molecule has 6 heteroatoms. The van der Waals surface area contributed by atoms with E-state index in [4.69, 9.17) is 0 Å². The molecule has 0 heterocycles. The number of fused-ring (bicyclic) bond motifs is 2. The van der Waals surface area contributed by atoms with Crippen molar-refractivity contribution in [2.75, 3.05) is 38.2 Å². The molecule has 1 aliphatic carbocycles. The summed E-state index contributed by atoms with van der Waals surface area (Å²) in [6.45, 7) is 0. The first kappa shape index (κ1) is 23.5. The minimum absolute atomic E-state index is 0.161. The van der Waals surface area contributed by atoms with E-state index in [0.29, 0.717) is 33.6 Å². The van der Waals surface area contributed by atoms with Crippen molar-refractivity contribution in [3.05, 3.63) is 119 Å². The topological polar surface area (TPSA) is 47.1 Å². The lowest BCUT2D eigenvalue weighted by atomic mass is 9.82. The minimum Gasteiger partial charge on any atom is -0.288 e. The number of nitrogens with zero attached hydrogens (tertiary/aromatic N) is 4. The molecule has 1 aliphatic rings. The zero-order valence-electron chi connectivity index (χ0n) is 20.8. The van der Waals surface area contributed by atoms with Crippen molar-refractivity contribution >= 4 is 34.3 Å². The fraction of sp³-hybridized carbons (Fsp3) is 0.133. The van der Waals surface area contributed by atoms with Gasteiger partial charge in [0.15, 0.2) is 11.6 Å². The largest absolute Gasteiger partial charge is 0.288 e. The number of carbonyl (C=O) groups is 2. The fourth-order valence-corrected chi connectivity index (χ4v) is 4.87. The molecule has 0 spiro atoms. The minimum atomic E-state index is -0.161. The van der Waals surface area contributed by atoms with Crippen LogP contribution in [-0.4, -0.2) is 49.8 Å². The van der Waals surface area contributed by atoms with Crippen molar-refractivity contribution in [2.45, 2.75) is 0 Å². The Bertz CT molecular complexity index is 1320. The van der Waals surface area contributed by atoms with Crippen LogP contribution < -0.4 is 10.0 Å². The van der Waals surface area contributed by atoms with Crippen LogP contribution in [0.15, 0.2) is 97.1 Å². The molecule has 0 radical (unpaired) electrons. The molecular formula is C30H28N4O2. The lowest BCUT2D eigenvalue weighted by Crippen LogP contribution is -2.37. The summed E-state index contributed by atoms with van der Waals surface area (Å²) >= 11 is 0. The van der Waals surface area contributed by atoms with Crippen LogP contribution in [0.5, 0.6) is 0 Å². The molecule has 6 nitrogen and oxygen atoms in total. The van der Waals surface area contributed by atoms with E-state index >= 15 is 0 Å². The van der Waals surface area contributed by atoms with Gasteiger partial charge in [-0.3, -0.25) is 19.6 Å². The van der Waals surface area contributed by atoms with Crippen molar-refractivity contribution in [3.8, 4) is 0 Å². The zero-order chi connectivity index (χ0) is 25.4. The number of hydrazine groups is 2. The summed E-state index contributed by atoms with van der Waals surface area (Å²) < 4.78 is 0. The van der Waals surface area contributed by atoms with Gasteiger partial charge in [-0.1, -0.05) is 60.7 Å². The van der Waals surface area contributed by atoms with Gasteiger partial charge in [0.05, 0.1) is 33.9 Å². The molecule has 5 rings (SSSR count). The lowest BCUT2D eigenvalue weighted by molar-refractivity contribution is 0.0979. The smallest absolute Gasteiger partial charge is 0.196 e. The third kappa shape index (κ3) is 3.86. The molecule has 0 aliphatic heterocycles. The Kier molecular flexibility index (Phi) is 6.14. The molecule has 4 aromatic rings. The van der Waals surface area contributed by atoms with Gasteiger partial charge in [0.25, 0.3) is 0 Å². The number of rotatable bonds is 6. The Morgan fingerprint density at radius 1 is 0.444 bits per heavy atom. The van der Waals surface area contributed by atoms with Gasteiger partial charge < -0.3 is 0 Å². The fourth-order valence-electron chi connectivity index (χ4n) is 4.87. The molecule has 0 saturated carbocycles. The van der Waals surface area contributed by atoms with E-state index in [1.54, 1.807) is 12.1 Å². The van der Waals surface area contributed by atoms with Crippen LogP contribution in [0.1, 0.15) is 31.8 Å². The van der Waals surface area contributed by atoms with Crippen molar-refractivity contribution in [2.24, 2.45) is 0 Å². The summed E-state index contributed by atoms with van der Waals surface area (Å²) in [6.07, 6.45) is 0. The molecule has 0 amide bonds. The van der Waals surface area contributed by atoms with Crippen molar-refractivity contribution in [3.63, 3.8) is 0 Å². The van der Waals surface area contributed by atoms with Gasteiger partial charge in [-0.05, 0) is 36.4 Å². The van der Waals surface area contributed by atoms with E-state index in [0.717, 1.165) is 11.4 Å². The number of carbonyl (C=O) groups excluding carboxylic acids is 2. The van der Waals surface area contributed by atoms with Gasteiger partial charge in [0.1, 0.15) is 0 Å². The summed E-state index contributed by atoms with van der Waals surface area (Å²) in [5.74, 6) is -0.321. The number of para-hydroxylation sites is 2. The van der Waals surface area contributed by atoms with Gasteiger partial charge in [0, 0.05) is 39.3 Å². The third-order valence-corrected chi connectivity index (χ3v) is 6.29. The number of ketones is 2. The summed E-state index contributed by atoms with van der Waals surface area (Å²) in [6, 6.07) is 30.6. The van der Waals surface area contributed by atoms with Crippen LogP contribution in [0.3, 0.4) is 0 Å². The standard InChI is InChI=1S/C30H28N4O2/c1-31(2)33(21-13-7-5-8-14-21)25-19-11-17-23-27(25)29(35)24-18-12-20-26(28(24)30(23)36)34(32(3)4)22-15-9-6-10-16-22/h5-20H,1-4H3. The molecule has 0 unspecified atom stereocenters. The van der Waals surface area contributed by atoms with Crippen molar-refractivity contribution in [1.82, 2.24) is 10.0 Å². The first-order valence-electron chi connectivity index (χ1n) is 11.8. The summed E-state index contributed by atoms with van der Waals surface area (Å²) in [5, 5.41) is 7.74. The van der Waals surface area contributed by atoms with Crippen LogP contribution in [0, 0.1) is 0 Å². The monoisotopic (exact) mass is 476 g/mol. The molecule has 0 N–H and O–H groups in total. The molecule has 180 valence electrons. The Morgan fingerprint density at radius 3 is 1.14 bits per heavy atom. The Labute approximate surface area is 211 Å². The van der Waals surface area contributed by atoms with E-state index in [1.165, 1.54) is 0 Å². The molecule has 0 bridgehead atoms. The molecule has 0 saturated heterocycles. The van der Waals surface area contributed by atoms with Gasteiger partial charge in [-0.25, -0.2) is 10.0 Å². The molecule has 0 aromatic heterocycles. The predicted molar refractivity (Wildman–Crippen MR) is 144 cm³/mol. The van der Waals surface area contributed by atoms with Gasteiger partial charge in [-0.15, -0.1) is 0 Å². The highest BCUT2D eigenvalue weighted by molar-refractivity contribution is 6.32. The molecular weight excluding hydrogens is 448 g/mol. The molecule has 4 aromatic carbocycles. The van der Waals surface area contributed by atoms with Crippen molar-refractivity contribution in [1.29, 1.82) is 0 Å². The Hall–Kier alpha value is -4.26.